The number of aromatic nitrogens is 1. The van der Waals surface area contributed by atoms with Crippen molar-refractivity contribution in [3.63, 3.8) is 0 Å². The van der Waals surface area contributed by atoms with Crippen LogP contribution in [0.25, 0.3) is 0 Å². The Bertz CT molecular complexity index is 1030. The van der Waals surface area contributed by atoms with Gasteiger partial charge in [0.25, 0.3) is 0 Å². The third-order valence-corrected chi connectivity index (χ3v) is 6.28. The van der Waals surface area contributed by atoms with Gasteiger partial charge in [-0.1, -0.05) is 29.8 Å². The molecule has 1 fully saturated rings. The first-order valence-electron chi connectivity index (χ1n) is 11.6. The van der Waals surface area contributed by atoms with E-state index in [2.05, 4.69) is 45.6 Å². The number of benzene rings is 2. The van der Waals surface area contributed by atoms with Crippen LogP contribution in [0.4, 0.5) is 11.4 Å². The maximum atomic E-state index is 12.3. The first kappa shape index (κ1) is 23.3. The van der Waals surface area contributed by atoms with Gasteiger partial charge >= 0.3 is 0 Å². The van der Waals surface area contributed by atoms with E-state index in [9.17, 15) is 4.79 Å². The number of carbonyl (C=O) groups is 1. The van der Waals surface area contributed by atoms with Gasteiger partial charge in [0.1, 0.15) is 0 Å². The fourth-order valence-corrected chi connectivity index (χ4v) is 4.64. The van der Waals surface area contributed by atoms with Crippen molar-refractivity contribution in [3.05, 3.63) is 89.2 Å². The Kier molecular flexibility index (Phi) is 7.97. The zero-order valence-electron chi connectivity index (χ0n) is 19.0. The van der Waals surface area contributed by atoms with Crippen molar-refractivity contribution in [2.75, 3.05) is 23.3 Å². The predicted molar refractivity (Wildman–Crippen MR) is 136 cm³/mol. The molecule has 1 amide bonds. The molecule has 1 atom stereocenters. The van der Waals surface area contributed by atoms with E-state index in [1.807, 2.05) is 54.9 Å². The van der Waals surface area contributed by atoms with E-state index in [1.54, 1.807) is 0 Å². The number of pyridine rings is 1. The first-order chi connectivity index (χ1) is 16.0. The highest BCUT2D eigenvalue weighted by Gasteiger charge is 2.21. The predicted octanol–water partition coefficient (Wildman–Crippen LogP) is 5.11. The molecule has 1 aliphatic heterocycles. The number of amides is 1. The van der Waals surface area contributed by atoms with Crippen LogP contribution in [0.2, 0.25) is 5.02 Å². The van der Waals surface area contributed by atoms with Crippen molar-refractivity contribution in [3.8, 4) is 0 Å². The van der Waals surface area contributed by atoms with Gasteiger partial charge in [0.05, 0.1) is 6.42 Å². The molecule has 6 heteroatoms. The van der Waals surface area contributed by atoms with E-state index in [0.29, 0.717) is 23.5 Å². The minimum absolute atomic E-state index is 0.0442. The Hall–Kier alpha value is -2.89. The van der Waals surface area contributed by atoms with Crippen molar-refractivity contribution in [2.24, 2.45) is 0 Å². The number of hydrogen-bond acceptors (Lipinski definition) is 4. The molecular weight excluding hydrogens is 432 g/mol. The van der Waals surface area contributed by atoms with Gasteiger partial charge in [-0.3, -0.25) is 9.78 Å². The standard InChI is InChI=1S/C27H31ClN4O/c1-20(16-22-5-3-13-29-19-22)30-25-11-14-32(15-12-25)26-9-7-24(8-10-26)31-27(33)18-21-4-2-6-23(28)17-21/h2-10,13,17,19-20,25,30H,11-12,14-16,18H2,1H3,(H,31,33)/t20-/m1/s1. The van der Waals surface area contributed by atoms with Crippen molar-refractivity contribution in [1.82, 2.24) is 10.3 Å². The fourth-order valence-electron chi connectivity index (χ4n) is 4.43. The summed E-state index contributed by atoms with van der Waals surface area (Å²) in [5.41, 5.74) is 4.19. The second-order valence-corrected chi connectivity index (χ2v) is 9.23. The van der Waals surface area contributed by atoms with Crippen LogP contribution in [0.5, 0.6) is 0 Å². The van der Waals surface area contributed by atoms with Gasteiger partial charge in [-0.2, -0.15) is 0 Å². The topological polar surface area (TPSA) is 57.3 Å². The third-order valence-electron chi connectivity index (χ3n) is 6.05. The lowest BCUT2D eigenvalue weighted by atomic mass is 10.0. The van der Waals surface area contributed by atoms with Crippen molar-refractivity contribution in [2.45, 2.75) is 44.7 Å². The van der Waals surface area contributed by atoms with E-state index < -0.39 is 0 Å². The minimum Gasteiger partial charge on any atom is -0.371 e. The Balaban J connectivity index is 1.22. The summed E-state index contributed by atoms with van der Waals surface area (Å²) in [5.74, 6) is -0.0442. The number of halogens is 1. The average Bonchev–Trinajstić information content (AvgIpc) is 2.81. The fraction of sp³-hybridized carbons (Fsp3) is 0.333. The SMILES string of the molecule is C[C@H](Cc1cccnc1)NC1CCN(c2ccc(NC(=O)Cc3cccc(Cl)c3)cc2)CC1. The average molecular weight is 463 g/mol. The molecule has 0 saturated carbocycles. The molecule has 2 heterocycles. The molecule has 172 valence electrons. The summed E-state index contributed by atoms with van der Waals surface area (Å²) in [6.07, 6.45) is 7.31. The Labute approximate surface area is 201 Å². The summed E-state index contributed by atoms with van der Waals surface area (Å²) in [6.45, 7) is 4.30. The molecule has 2 N–H and O–H groups in total. The van der Waals surface area contributed by atoms with Crippen LogP contribution < -0.4 is 15.5 Å². The van der Waals surface area contributed by atoms with E-state index >= 15 is 0 Å². The maximum absolute atomic E-state index is 12.3. The molecule has 33 heavy (non-hydrogen) atoms. The zero-order chi connectivity index (χ0) is 23.0. The van der Waals surface area contributed by atoms with Crippen LogP contribution in [0.3, 0.4) is 0 Å². The summed E-state index contributed by atoms with van der Waals surface area (Å²) in [5, 5.41) is 7.40. The zero-order valence-corrected chi connectivity index (χ0v) is 19.8. The molecule has 0 aliphatic carbocycles. The summed E-state index contributed by atoms with van der Waals surface area (Å²) in [6, 6.07) is 20.6. The molecule has 1 aromatic heterocycles. The molecule has 0 bridgehead atoms. The molecule has 4 rings (SSSR count). The van der Waals surface area contributed by atoms with E-state index in [0.717, 1.165) is 43.6 Å². The number of anilines is 2. The molecular formula is C27H31ClN4O. The van der Waals surface area contributed by atoms with E-state index in [1.165, 1.54) is 11.3 Å². The highest BCUT2D eigenvalue weighted by molar-refractivity contribution is 6.30. The molecule has 0 radical (unpaired) electrons. The van der Waals surface area contributed by atoms with Crippen molar-refractivity contribution in [1.29, 1.82) is 0 Å². The van der Waals surface area contributed by atoms with Gasteiger partial charge in [-0.05, 0) is 79.8 Å². The van der Waals surface area contributed by atoms with Gasteiger partial charge in [0, 0.05) is 54.0 Å². The number of nitrogens with zero attached hydrogens (tertiary/aromatic N) is 2. The van der Waals surface area contributed by atoms with Crippen LogP contribution in [0.15, 0.2) is 73.1 Å². The number of rotatable bonds is 8. The second kappa shape index (κ2) is 11.3. The van der Waals surface area contributed by atoms with Crippen molar-refractivity contribution >= 4 is 28.9 Å². The highest BCUT2D eigenvalue weighted by atomic mass is 35.5. The van der Waals surface area contributed by atoms with Gasteiger partial charge in [-0.15, -0.1) is 0 Å². The van der Waals surface area contributed by atoms with Crippen LogP contribution in [-0.4, -0.2) is 36.1 Å². The molecule has 1 saturated heterocycles. The number of piperidine rings is 1. The van der Waals surface area contributed by atoms with Crippen molar-refractivity contribution < 1.29 is 4.79 Å². The van der Waals surface area contributed by atoms with Crippen LogP contribution in [0, 0.1) is 0 Å². The molecule has 0 unspecified atom stereocenters. The van der Waals surface area contributed by atoms with Gasteiger partial charge < -0.3 is 15.5 Å². The largest absolute Gasteiger partial charge is 0.371 e. The number of carbonyl (C=O) groups excluding carboxylic acids is 1. The third kappa shape index (κ3) is 7.04. The molecule has 1 aliphatic rings. The summed E-state index contributed by atoms with van der Waals surface area (Å²) in [7, 11) is 0. The Morgan fingerprint density at radius 3 is 2.55 bits per heavy atom. The lowest BCUT2D eigenvalue weighted by Crippen LogP contribution is -2.46. The molecule has 3 aromatic rings. The smallest absolute Gasteiger partial charge is 0.228 e. The normalized spacial score (nSPS) is 15.3. The number of hydrogen-bond donors (Lipinski definition) is 2. The lowest BCUT2D eigenvalue weighted by Gasteiger charge is -2.35. The summed E-state index contributed by atoms with van der Waals surface area (Å²) in [4.78, 5) is 19.0. The molecule has 2 aromatic carbocycles. The van der Waals surface area contributed by atoms with Crippen LogP contribution in [-0.2, 0) is 17.6 Å². The van der Waals surface area contributed by atoms with Crippen LogP contribution >= 0.6 is 11.6 Å². The highest BCUT2D eigenvalue weighted by Crippen LogP contribution is 2.23. The summed E-state index contributed by atoms with van der Waals surface area (Å²) < 4.78 is 0. The minimum atomic E-state index is -0.0442. The number of nitrogens with one attached hydrogen (secondary N) is 2. The van der Waals surface area contributed by atoms with Gasteiger partial charge in [0.2, 0.25) is 5.91 Å². The second-order valence-electron chi connectivity index (χ2n) is 8.80. The maximum Gasteiger partial charge on any atom is 0.228 e. The van der Waals surface area contributed by atoms with Gasteiger partial charge in [-0.25, -0.2) is 0 Å². The van der Waals surface area contributed by atoms with Crippen LogP contribution in [0.1, 0.15) is 30.9 Å². The molecule has 0 spiro atoms. The van der Waals surface area contributed by atoms with E-state index in [4.69, 9.17) is 11.6 Å². The monoisotopic (exact) mass is 462 g/mol. The quantitative estimate of drug-likeness (QED) is 0.488. The lowest BCUT2D eigenvalue weighted by molar-refractivity contribution is -0.115. The molecule has 5 nitrogen and oxygen atoms in total. The Morgan fingerprint density at radius 1 is 1.09 bits per heavy atom. The van der Waals surface area contributed by atoms with Gasteiger partial charge in [0.15, 0.2) is 0 Å². The Morgan fingerprint density at radius 2 is 1.85 bits per heavy atom. The summed E-state index contributed by atoms with van der Waals surface area (Å²) >= 11 is 6.00. The first-order valence-corrected chi connectivity index (χ1v) is 12.0. The van der Waals surface area contributed by atoms with E-state index in [-0.39, 0.29) is 5.91 Å².